The monoisotopic (exact) mass is 546 g/mol. The summed E-state index contributed by atoms with van der Waals surface area (Å²) in [5, 5.41) is 83.9. The summed E-state index contributed by atoms with van der Waals surface area (Å²) in [6, 6.07) is 15.7. The summed E-state index contributed by atoms with van der Waals surface area (Å²) in [5.41, 5.74) is 1.72. The van der Waals surface area contributed by atoms with Crippen LogP contribution in [0.2, 0.25) is 0 Å². The maximum absolute atomic E-state index is 11.7. The van der Waals surface area contributed by atoms with E-state index in [2.05, 4.69) is 0 Å². The Kier molecular flexibility index (Phi) is 6.01. The van der Waals surface area contributed by atoms with Crippen molar-refractivity contribution in [3.8, 4) is 46.0 Å². The second-order valence-corrected chi connectivity index (χ2v) is 9.99. The third-order valence-electron chi connectivity index (χ3n) is 7.51. The van der Waals surface area contributed by atoms with Crippen LogP contribution in [0.25, 0.3) is 0 Å². The molecule has 2 aliphatic heterocycles. The van der Waals surface area contributed by atoms with Gasteiger partial charge in [-0.3, -0.25) is 0 Å². The molecular formula is C30H26O10. The third kappa shape index (κ3) is 4.05. The van der Waals surface area contributed by atoms with Crippen LogP contribution >= 0.6 is 0 Å². The van der Waals surface area contributed by atoms with Crippen LogP contribution in [0, 0.1) is 0 Å². The number of phenolic OH excluding ortho intramolecular Hbond substituents is 6. The Morgan fingerprint density at radius 3 is 2.20 bits per heavy atom. The lowest BCUT2D eigenvalue weighted by molar-refractivity contribution is -0.00260. The number of aliphatic hydroxyl groups is 2. The van der Waals surface area contributed by atoms with Crippen LogP contribution in [0.5, 0.6) is 46.0 Å². The standard InChI is InChI=1S/C30H26O10/c31-15-6-7-16(20(34)12-15)24-25-23(39-30(27(24)38)17-2-1-3-19(33)26(17)37)9-5-14-11-22(36)28(40-29(14)25)13-4-8-18(32)21(35)10-13/h1-10,12,22,24,27-28,30-38H,11H2/t22-,24-,27-,28+,30+/m0/s1. The van der Waals surface area contributed by atoms with Gasteiger partial charge in [-0.25, -0.2) is 0 Å². The van der Waals surface area contributed by atoms with Gasteiger partial charge < -0.3 is 50.3 Å². The van der Waals surface area contributed by atoms with Crippen LogP contribution < -0.4 is 9.47 Å². The van der Waals surface area contributed by atoms with Gasteiger partial charge in [0.05, 0.1) is 6.10 Å². The van der Waals surface area contributed by atoms with Crippen molar-refractivity contribution in [3.05, 3.63) is 94.5 Å². The van der Waals surface area contributed by atoms with Crippen molar-refractivity contribution in [1.29, 1.82) is 0 Å². The molecule has 8 N–H and O–H groups in total. The van der Waals surface area contributed by atoms with E-state index in [1.165, 1.54) is 48.5 Å². The fourth-order valence-electron chi connectivity index (χ4n) is 5.58. The molecule has 0 radical (unpaired) electrons. The molecule has 2 aliphatic rings. The maximum atomic E-state index is 11.7. The van der Waals surface area contributed by atoms with Gasteiger partial charge in [-0.1, -0.05) is 30.3 Å². The average Bonchev–Trinajstić information content (AvgIpc) is 2.92. The van der Waals surface area contributed by atoms with Gasteiger partial charge in [0.2, 0.25) is 0 Å². The minimum atomic E-state index is -1.42. The highest BCUT2D eigenvalue weighted by Gasteiger charge is 2.45. The number of phenols is 6. The van der Waals surface area contributed by atoms with Gasteiger partial charge in [0.15, 0.2) is 29.1 Å². The van der Waals surface area contributed by atoms with Crippen molar-refractivity contribution in [3.63, 3.8) is 0 Å². The van der Waals surface area contributed by atoms with E-state index >= 15 is 0 Å². The Hall–Kier alpha value is -4.80. The Balaban J connectivity index is 1.53. The molecule has 0 fully saturated rings. The zero-order valence-corrected chi connectivity index (χ0v) is 20.8. The highest BCUT2D eigenvalue weighted by Crippen LogP contribution is 2.55. The Morgan fingerprint density at radius 1 is 0.650 bits per heavy atom. The van der Waals surface area contributed by atoms with Crippen LogP contribution in [0.1, 0.15) is 45.9 Å². The summed E-state index contributed by atoms with van der Waals surface area (Å²) < 4.78 is 12.5. The van der Waals surface area contributed by atoms with Gasteiger partial charge in [-0.2, -0.15) is 0 Å². The summed E-state index contributed by atoms with van der Waals surface area (Å²) in [6.45, 7) is 0. The van der Waals surface area contributed by atoms with E-state index in [4.69, 9.17) is 9.47 Å². The summed E-state index contributed by atoms with van der Waals surface area (Å²) in [4.78, 5) is 0. The predicted molar refractivity (Wildman–Crippen MR) is 140 cm³/mol. The van der Waals surface area contributed by atoms with Gasteiger partial charge in [0.1, 0.15) is 35.2 Å². The van der Waals surface area contributed by atoms with Crippen LogP contribution in [-0.4, -0.2) is 53.1 Å². The fourth-order valence-corrected chi connectivity index (χ4v) is 5.58. The number of rotatable bonds is 3. The summed E-state index contributed by atoms with van der Waals surface area (Å²) in [7, 11) is 0. The second-order valence-electron chi connectivity index (χ2n) is 9.99. The zero-order chi connectivity index (χ0) is 28.3. The third-order valence-corrected chi connectivity index (χ3v) is 7.51. The van der Waals surface area contributed by atoms with E-state index in [-0.39, 0.29) is 52.0 Å². The molecule has 10 nitrogen and oxygen atoms in total. The van der Waals surface area contributed by atoms with E-state index in [1.807, 2.05) is 0 Å². The van der Waals surface area contributed by atoms with E-state index in [9.17, 15) is 40.9 Å². The first-order valence-corrected chi connectivity index (χ1v) is 12.5. The maximum Gasteiger partial charge on any atom is 0.164 e. The van der Waals surface area contributed by atoms with Gasteiger partial charge in [-0.15, -0.1) is 0 Å². The summed E-state index contributed by atoms with van der Waals surface area (Å²) in [6.07, 6.45) is -4.41. The van der Waals surface area contributed by atoms with Crippen LogP contribution in [-0.2, 0) is 6.42 Å². The summed E-state index contributed by atoms with van der Waals surface area (Å²) in [5.74, 6) is -2.51. The molecule has 4 aromatic carbocycles. The van der Waals surface area contributed by atoms with Gasteiger partial charge >= 0.3 is 0 Å². The van der Waals surface area contributed by atoms with Gasteiger partial charge in [0, 0.05) is 35.1 Å². The van der Waals surface area contributed by atoms with E-state index in [0.717, 1.165) is 6.07 Å². The number of aliphatic hydroxyl groups excluding tert-OH is 2. The molecule has 40 heavy (non-hydrogen) atoms. The lowest BCUT2D eigenvalue weighted by Crippen LogP contribution is -2.37. The first-order chi connectivity index (χ1) is 19.1. The molecule has 2 heterocycles. The summed E-state index contributed by atoms with van der Waals surface area (Å²) >= 11 is 0. The van der Waals surface area contributed by atoms with E-state index in [0.29, 0.717) is 16.7 Å². The largest absolute Gasteiger partial charge is 0.508 e. The fraction of sp³-hybridized carbons (Fsp3) is 0.200. The zero-order valence-electron chi connectivity index (χ0n) is 20.8. The van der Waals surface area contributed by atoms with Crippen molar-refractivity contribution in [2.24, 2.45) is 0 Å². The van der Waals surface area contributed by atoms with Crippen LogP contribution in [0.4, 0.5) is 0 Å². The second kappa shape index (κ2) is 9.44. The first-order valence-electron chi connectivity index (χ1n) is 12.5. The normalized spacial score (nSPS) is 23.4. The SMILES string of the molecule is Oc1ccc([C@H]2c3c(ccc4c3O[C@H](c3ccc(O)c(O)c3)[C@@H](O)C4)O[C@H](c3cccc(O)c3O)[C@H]2O)c(O)c1. The van der Waals surface area contributed by atoms with E-state index < -0.39 is 41.8 Å². The topological polar surface area (TPSA) is 180 Å². The molecule has 4 aromatic rings. The highest BCUT2D eigenvalue weighted by atomic mass is 16.5. The Labute approximate surface area is 227 Å². The molecule has 206 valence electrons. The van der Waals surface area contributed by atoms with Crippen molar-refractivity contribution < 1.29 is 50.3 Å². The predicted octanol–water partition coefficient (Wildman–Crippen LogP) is 3.58. The van der Waals surface area contributed by atoms with Crippen molar-refractivity contribution in [1.82, 2.24) is 0 Å². The molecule has 0 saturated carbocycles. The van der Waals surface area contributed by atoms with Gasteiger partial charge in [-0.05, 0) is 41.5 Å². The molecule has 5 atom stereocenters. The number of aromatic hydroxyl groups is 6. The number of hydrogen-bond donors (Lipinski definition) is 8. The van der Waals surface area contributed by atoms with Crippen LogP contribution in [0.15, 0.2) is 66.7 Å². The number of fused-ring (bicyclic) bond motifs is 3. The van der Waals surface area contributed by atoms with Crippen molar-refractivity contribution in [2.45, 2.75) is 36.8 Å². The first kappa shape index (κ1) is 25.5. The number of benzene rings is 4. The number of ether oxygens (including phenoxy) is 2. The molecule has 0 aliphatic carbocycles. The minimum Gasteiger partial charge on any atom is -0.508 e. The molecule has 0 aromatic heterocycles. The molecule has 10 heteroatoms. The quantitative estimate of drug-likeness (QED) is 0.177. The molecular weight excluding hydrogens is 520 g/mol. The average molecular weight is 547 g/mol. The van der Waals surface area contributed by atoms with Crippen molar-refractivity contribution >= 4 is 0 Å². The minimum absolute atomic E-state index is 0.118. The number of hydrogen-bond acceptors (Lipinski definition) is 10. The molecule has 0 unspecified atom stereocenters. The van der Waals surface area contributed by atoms with Crippen LogP contribution in [0.3, 0.4) is 0 Å². The highest BCUT2D eigenvalue weighted by molar-refractivity contribution is 5.61. The molecule has 0 spiro atoms. The van der Waals surface area contributed by atoms with Crippen molar-refractivity contribution in [2.75, 3.05) is 0 Å². The lowest BCUT2D eigenvalue weighted by Gasteiger charge is -2.41. The van der Waals surface area contributed by atoms with E-state index in [1.54, 1.807) is 12.1 Å². The number of para-hydroxylation sites is 1. The molecule has 0 bridgehead atoms. The lowest BCUT2D eigenvalue weighted by atomic mass is 9.77. The van der Waals surface area contributed by atoms with Gasteiger partial charge in [0.25, 0.3) is 0 Å². The Bertz CT molecular complexity index is 1620. The Morgan fingerprint density at radius 2 is 1.45 bits per heavy atom. The smallest absolute Gasteiger partial charge is 0.164 e. The molecule has 6 rings (SSSR count). The molecule has 0 saturated heterocycles. The molecule has 0 amide bonds.